The highest BCUT2D eigenvalue weighted by Crippen LogP contribution is 2.18. The molecular weight excluding hydrogens is 271 g/mol. The third kappa shape index (κ3) is 6.53. The lowest BCUT2D eigenvalue weighted by atomic mass is 10.4. The van der Waals surface area contributed by atoms with Gasteiger partial charge in [-0.2, -0.15) is 30.6 Å². The van der Waals surface area contributed by atoms with Crippen LogP contribution in [-0.2, 0) is 10.2 Å². The van der Waals surface area contributed by atoms with Gasteiger partial charge >= 0.3 is 6.18 Å². The summed E-state index contributed by atoms with van der Waals surface area (Å²) >= 11 is 0. The average Bonchev–Trinajstić information content (AvgIpc) is 3.04. The molecule has 0 amide bonds. The fourth-order valence-electron chi connectivity index (χ4n) is 1.30. The lowest BCUT2D eigenvalue weighted by Gasteiger charge is -2.18. The van der Waals surface area contributed by atoms with Gasteiger partial charge in [-0.1, -0.05) is 0 Å². The molecule has 0 aromatic carbocycles. The van der Waals surface area contributed by atoms with Gasteiger partial charge in [0.1, 0.15) is 6.54 Å². The summed E-state index contributed by atoms with van der Waals surface area (Å²) in [7, 11) is -2.78. The van der Waals surface area contributed by atoms with Crippen molar-refractivity contribution in [1.82, 2.24) is 14.3 Å². The van der Waals surface area contributed by atoms with Gasteiger partial charge in [-0.3, -0.25) is 0 Å². The van der Waals surface area contributed by atoms with Crippen LogP contribution in [0.4, 0.5) is 13.2 Å². The summed E-state index contributed by atoms with van der Waals surface area (Å²) in [4.78, 5) is 0. The van der Waals surface area contributed by atoms with Crippen LogP contribution in [0.25, 0.3) is 0 Å². The van der Waals surface area contributed by atoms with E-state index in [9.17, 15) is 21.6 Å². The Labute approximate surface area is 105 Å². The van der Waals surface area contributed by atoms with Crippen LogP contribution in [0.2, 0.25) is 0 Å². The second kappa shape index (κ2) is 6.18. The number of nitrogens with one attached hydrogen (secondary N) is 2. The van der Waals surface area contributed by atoms with E-state index in [0.717, 1.165) is 17.1 Å². The highest BCUT2D eigenvalue weighted by atomic mass is 32.2. The van der Waals surface area contributed by atoms with Crippen molar-refractivity contribution >= 4 is 10.2 Å². The minimum Gasteiger partial charge on any atom is -0.314 e. The molecule has 2 N–H and O–H groups in total. The molecule has 0 bridgehead atoms. The summed E-state index contributed by atoms with van der Waals surface area (Å²) in [5, 5.41) is 3.20. The van der Waals surface area contributed by atoms with E-state index in [1.54, 1.807) is 0 Å². The number of hydrogen-bond donors (Lipinski definition) is 2. The quantitative estimate of drug-likeness (QED) is 0.638. The number of rotatable bonds is 8. The van der Waals surface area contributed by atoms with Crippen LogP contribution in [0.3, 0.4) is 0 Å². The smallest absolute Gasteiger partial charge is 0.314 e. The molecule has 1 aliphatic rings. The molecule has 0 aromatic heterocycles. The average molecular weight is 289 g/mol. The molecule has 0 radical (unpaired) electrons. The fourth-order valence-corrected chi connectivity index (χ4v) is 2.23. The minimum absolute atomic E-state index is 0.187. The molecule has 1 rings (SSSR count). The van der Waals surface area contributed by atoms with Gasteiger partial charge in [0.15, 0.2) is 0 Å². The van der Waals surface area contributed by atoms with Gasteiger partial charge in [0.25, 0.3) is 10.2 Å². The van der Waals surface area contributed by atoms with Gasteiger partial charge in [-0.25, -0.2) is 0 Å². The molecule has 1 fully saturated rings. The van der Waals surface area contributed by atoms with Crippen molar-refractivity contribution in [1.29, 1.82) is 0 Å². The topological polar surface area (TPSA) is 61.4 Å². The van der Waals surface area contributed by atoms with Crippen molar-refractivity contribution in [2.75, 3.05) is 26.7 Å². The van der Waals surface area contributed by atoms with Crippen molar-refractivity contribution in [3.63, 3.8) is 0 Å². The van der Waals surface area contributed by atoms with E-state index in [4.69, 9.17) is 0 Å². The Morgan fingerprint density at radius 3 is 2.44 bits per heavy atom. The van der Waals surface area contributed by atoms with Crippen LogP contribution in [0.1, 0.15) is 19.3 Å². The molecule has 1 aliphatic carbocycles. The van der Waals surface area contributed by atoms with Crippen LogP contribution in [0.15, 0.2) is 0 Å². The molecule has 0 aromatic rings. The first-order valence-corrected chi connectivity index (χ1v) is 7.16. The molecule has 0 unspecified atom stereocenters. The fraction of sp³-hybridized carbons (Fsp3) is 1.00. The largest absolute Gasteiger partial charge is 0.402 e. The normalized spacial score (nSPS) is 17.4. The van der Waals surface area contributed by atoms with E-state index in [2.05, 4.69) is 5.32 Å². The maximum Gasteiger partial charge on any atom is 0.402 e. The van der Waals surface area contributed by atoms with Crippen LogP contribution < -0.4 is 10.0 Å². The zero-order valence-corrected chi connectivity index (χ0v) is 10.9. The van der Waals surface area contributed by atoms with Crippen LogP contribution in [0, 0.1) is 0 Å². The SMILES string of the molecule is CN(CCCNC1CC1)S(=O)(=O)NCC(F)(F)F. The van der Waals surface area contributed by atoms with Crippen LogP contribution >= 0.6 is 0 Å². The van der Waals surface area contributed by atoms with E-state index in [1.165, 1.54) is 11.8 Å². The van der Waals surface area contributed by atoms with E-state index < -0.39 is 22.9 Å². The Bertz CT molecular complexity index is 355. The van der Waals surface area contributed by atoms with Crippen molar-refractivity contribution in [3.05, 3.63) is 0 Å². The first-order chi connectivity index (χ1) is 8.21. The third-order valence-corrected chi connectivity index (χ3v) is 4.04. The minimum atomic E-state index is -4.54. The number of halogens is 3. The van der Waals surface area contributed by atoms with Gasteiger partial charge in [0.2, 0.25) is 0 Å². The Morgan fingerprint density at radius 1 is 1.33 bits per heavy atom. The lowest BCUT2D eigenvalue weighted by molar-refractivity contribution is -0.121. The molecule has 5 nitrogen and oxygen atoms in total. The number of nitrogens with zero attached hydrogens (tertiary/aromatic N) is 1. The highest BCUT2D eigenvalue weighted by Gasteiger charge is 2.30. The summed E-state index contributed by atoms with van der Waals surface area (Å²) in [6, 6.07) is 0.537. The Kier molecular flexibility index (Phi) is 5.38. The Morgan fingerprint density at radius 2 is 1.94 bits per heavy atom. The van der Waals surface area contributed by atoms with Gasteiger partial charge in [0.05, 0.1) is 0 Å². The molecule has 18 heavy (non-hydrogen) atoms. The molecule has 9 heteroatoms. The molecule has 0 heterocycles. The second-order valence-electron chi connectivity index (χ2n) is 4.34. The van der Waals surface area contributed by atoms with Crippen molar-refractivity contribution in [2.24, 2.45) is 0 Å². The van der Waals surface area contributed by atoms with Crippen molar-refractivity contribution < 1.29 is 21.6 Å². The van der Waals surface area contributed by atoms with Gasteiger partial charge < -0.3 is 5.32 Å². The first kappa shape index (κ1) is 15.7. The maximum absolute atomic E-state index is 11.9. The Hall–Kier alpha value is -0.380. The highest BCUT2D eigenvalue weighted by molar-refractivity contribution is 7.87. The predicted octanol–water partition coefficient (Wildman–Crippen LogP) is 0.457. The third-order valence-electron chi connectivity index (χ3n) is 2.53. The molecule has 0 spiro atoms. The van der Waals surface area contributed by atoms with Crippen molar-refractivity contribution in [3.8, 4) is 0 Å². The van der Waals surface area contributed by atoms with E-state index >= 15 is 0 Å². The van der Waals surface area contributed by atoms with Crippen molar-refractivity contribution in [2.45, 2.75) is 31.5 Å². The lowest BCUT2D eigenvalue weighted by Crippen LogP contribution is -2.43. The maximum atomic E-state index is 11.9. The standard InChI is InChI=1S/C9H18F3N3O2S/c1-15(6-2-5-13-8-3-4-8)18(16,17)14-7-9(10,11)12/h8,13-14H,2-7H2,1H3. The molecule has 1 saturated carbocycles. The van der Waals surface area contributed by atoms with Crippen LogP contribution in [-0.4, -0.2) is 51.6 Å². The van der Waals surface area contributed by atoms with Gasteiger partial charge in [-0.05, 0) is 25.8 Å². The zero-order chi connectivity index (χ0) is 13.8. The van der Waals surface area contributed by atoms with Crippen LogP contribution in [0.5, 0.6) is 0 Å². The Balaban J connectivity index is 2.22. The van der Waals surface area contributed by atoms with Gasteiger partial charge in [0, 0.05) is 19.6 Å². The first-order valence-electron chi connectivity index (χ1n) is 5.72. The summed E-state index contributed by atoms with van der Waals surface area (Å²) in [5.41, 5.74) is 0. The second-order valence-corrected chi connectivity index (χ2v) is 6.21. The zero-order valence-electron chi connectivity index (χ0n) is 10.1. The van der Waals surface area contributed by atoms with Gasteiger partial charge in [-0.15, -0.1) is 0 Å². The summed E-state index contributed by atoms with van der Waals surface area (Å²) < 4.78 is 60.9. The van der Waals surface area contributed by atoms with E-state index in [-0.39, 0.29) is 6.54 Å². The van der Waals surface area contributed by atoms with E-state index in [1.807, 2.05) is 0 Å². The predicted molar refractivity (Wildman–Crippen MR) is 61.2 cm³/mol. The molecule has 0 saturated heterocycles. The van der Waals surface area contributed by atoms with E-state index in [0.29, 0.717) is 19.0 Å². The number of alkyl halides is 3. The molecule has 0 aliphatic heterocycles. The summed E-state index contributed by atoms with van der Waals surface area (Å²) in [6.07, 6.45) is -1.69. The summed E-state index contributed by atoms with van der Waals surface area (Å²) in [5.74, 6) is 0. The monoisotopic (exact) mass is 289 g/mol. The molecule has 108 valence electrons. The summed E-state index contributed by atoms with van der Waals surface area (Å²) in [6.45, 7) is -0.684. The molecular formula is C9H18F3N3O2S. The number of hydrogen-bond acceptors (Lipinski definition) is 3. The molecule has 0 atom stereocenters.